The summed E-state index contributed by atoms with van der Waals surface area (Å²) in [7, 11) is 1.86. The molecule has 1 unspecified atom stereocenters. The van der Waals surface area contributed by atoms with Crippen molar-refractivity contribution < 1.29 is 9.59 Å². The van der Waals surface area contributed by atoms with E-state index < -0.39 is 0 Å². The second-order valence-electron chi connectivity index (χ2n) is 5.66. The van der Waals surface area contributed by atoms with Gasteiger partial charge in [0.2, 0.25) is 5.91 Å². The van der Waals surface area contributed by atoms with Crippen LogP contribution >= 0.6 is 12.4 Å². The van der Waals surface area contributed by atoms with Gasteiger partial charge in [-0.3, -0.25) is 4.79 Å². The van der Waals surface area contributed by atoms with Crippen LogP contribution in [0.15, 0.2) is 0 Å². The van der Waals surface area contributed by atoms with E-state index in [0.29, 0.717) is 13.1 Å². The number of nitrogens with zero attached hydrogens (tertiary/aromatic N) is 2. The largest absolute Gasteiger partial charge is 0.355 e. The van der Waals surface area contributed by atoms with E-state index in [9.17, 15) is 9.59 Å². The molecule has 2 rings (SSSR count). The van der Waals surface area contributed by atoms with Crippen LogP contribution in [0.4, 0.5) is 4.79 Å². The molecule has 0 spiro atoms. The monoisotopic (exact) mass is 318 g/mol. The number of nitrogens with one attached hydrogen (secondary N) is 2. The van der Waals surface area contributed by atoms with Crippen LogP contribution in [0.3, 0.4) is 0 Å². The zero-order chi connectivity index (χ0) is 14.4. The molecule has 2 aliphatic heterocycles. The predicted molar refractivity (Wildman–Crippen MR) is 84.7 cm³/mol. The quantitative estimate of drug-likeness (QED) is 0.749. The van der Waals surface area contributed by atoms with Gasteiger partial charge < -0.3 is 20.4 Å². The molecule has 1 atom stereocenters. The summed E-state index contributed by atoms with van der Waals surface area (Å²) in [5.41, 5.74) is 0. The number of urea groups is 1. The molecule has 2 saturated heterocycles. The van der Waals surface area contributed by atoms with Crippen molar-refractivity contribution in [3.05, 3.63) is 0 Å². The molecular formula is C14H27ClN4O2. The number of carbonyl (C=O) groups excluding carboxylic acids is 2. The van der Waals surface area contributed by atoms with E-state index in [4.69, 9.17) is 0 Å². The second-order valence-corrected chi connectivity index (χ2v) is 5.66. The van der Waals surface area contributed by atoms with Crippen LogP contribution in [0.1, 0.15) is 25.7 Å². The molecule has 3 amide bonds. The van der Waals surface area contributed by atoms with E-state index in [1.54, 1.807) is 0 Å². The SMILES string of the molecule is CNCCNC(=O)C1CCCN(C(=O)N2CCCC2)C1.Cl. The van der Waals surface area contributed by atoms with Crippen LogP contribution in [-0.4, -0.2) is 68.1 Å². The van der Waals surface area contributed by atoms with Crippen LogP contribution in [0.2, 0.25) is 0 Å². The van der Waals surface area contributed by atoms with Gasteiger partial charge in [0.1, 0.15) is 0 Å². The number of likely N-dealkylation sites (N-methyl/N-ethyl adjacent to an activating group) is 1. The smallest absolute Gasteiger partial charge is 0.320 e. The molecule has 0 aromatic rings. The summed E-state index contributed by atoms with van der Waals surface area (Å²) in [6.45, 7) is 4.51. The molecular weight excluding hydrogens is 292 g/mol. The van der Waals surface area contributed by atoms with Crippen molar-refractivity contribution >= 4 is 24.3 Å². The molecule has 0 aliphatic carbocycles. The minimum absolute atomic E-state index is 0. The van der Waals surface area contributed by atoms with Crippen molar-refractivity contribution in [2.45, 2.75) is 25.7 Å². The van der Waals surface area contributed by atoms with Gasteiger partial charge in [-0.2, -0.15) is 0 Å². The summed E-state index contributed by atoms with van der Waals surface area (Å²) >= 11 is 0. The van der Waals surface area contributed by atoms with Crippen molar-refractivity contribution in [2.24, 2.45) is 5.92 Å². The summed E-state index contributed by atoms with van der Waals surface area (Å²) in [5, 5.41) is 5.93. The average molecular weight is 319 g/mol. The van der Waals surface area contributed by atoms with Gasteiger partial charge in [-0.05, 0) is 32.7 Å². The summed E-state index contributed by atoms with van der Waals surface area (Å²) in [4.78, 5) is 28.2. The maximum absolute atomic E-state index is 12.3. The Hall–Kier alpha value is -1.01. The highest BCUT2D eigenvalue weighted by Crippen LogP contribution is 2.19. The van der Waals surface area contributed by atoms with Gasteiger partial charge in [-0.25, -0.2) is 4.79 Å². The fourth-order valence-corrected chi connectivity index (χ4v) is 2.93. The Labute approximate surface area is 133 Å². The molecule has 2 heterocycles. The van der Waals surface area contributed by atoms with Gasteiger partial charge >= 0.3 is 6.03 Å². The zero-order valence-corrected chi connectivity index (χ0v) is 13.6. The van der Waals surface area contributed by atoms with Crippen molar-refractivity contribution in [2.75, 3.05) is 46.3 Å². The third kappa shape index (κ3) is 5.04. The molecule has 2 fully saturated rings. The van der Waals surface area contributed by atoms with E-state index in [1.807, 2.05) is 16.8 Å². The highest BCUT2D eigenvalue weighted by atomic mass is 35.5. The number of halogens is 1. The van der Waals surface area contributed by atoms with E-state index in [1.165, 1.54) is 0 Å². The van der Waals surface area contributed by atoms with Crippen molar-refractivity contribution in [3.63, 3.8) is 0 Å². The molecule has 0 bridgehead atoms. The molecule has 2 aliphatic rings. The van der Waals surface area contributed by atoms with E-state index in [-0.39, 0.29) is 30.3 Å². The predicted octanol–water partition coefficient (Wildman–Crippen LogP) is 0.672. The lowest BCUT2D eigenvalue weighted by molar-refractivity contribution is -0.126. The first kappa shape index (κ1) is 18.0. The first-order valence-electron chi connectivity index (χ1n) is 7.68. The Balaban J connectivity index is 0.00000220. The summed E-state index contributed by atoms with van der Waals surface area (Å²) in [6.07, 6.45) is 4.01. The van der Waals surface area contributed by atoms with Crippen LogP contribution in [0.5, 0.6) is 0 Å². The van der Waals surface area contributed by atoms with Gasteiger partial charge in [0.25, 0.3) is 0 Å². The maximum atomic E-state index is 12.3. The van der Waals surface area contributed by atoms with Crippen molar-refractivity contribution in [3.8, 4) is 0 Å². The molecule has 0 radical (unpaired) electrons. The van der Waals surface area contributed by atoms with Gasteiger partial charge in [-0.15, -0.1) is 12.4 Å². The minimum atomic E-state index is -0.0489. The Bertz CT molecular complexity index is 348. The molecule has 6 nitrogen and oxygen atoms in total. The zero-order valence-electron chi connectivity index (χ0n) is 12.8. The number of piperidine rings is 1. The van der Waals surface area contributed by atoms with Gasteiger partial charge in [0, 0.05) is 39.3 Å². The summed E-state index contributed by atoms with van der Waals surface area (Å²) < 4.78 is 0. The third-order valence-electron chi connectivity index (χ3n) is 4.11. The molecule has 7 heteroatoms. The normalized spacial score (nSPS) is 21.9. The maximum Gasteiger partial charge on any atom is 0.320 e. The molecule has 0 saturated carbocycles. The minimum Gasteiger partial charge on any atom is -0.355 e. The molecule has 0 aromatic heterocycles. The summed E-state index contributed by atoms with van der Waals surface area (Å²) in [6, 6.07) is 0.121. The van der Waals surface area contributed by atoms with E-state index in [0.717, 1.165) is 51.9 Å². The lowest BCUT2D eigenvalue weighted by atomic mass is 9.97. The Kier molecular flexibility index (Phi) is 7.82. The molecule has 122 valence electrons. The number of carbonyl (C=O) groups is 2. The number of likely N-dealkylation sites (tertiary alicyclic amines) is 2. The van der Waals surface area contributed by atoms with E-state index in [2.05, 4.69) is 10.6 Å². The first-order valence-corrected chi connectivity index (χ1v) is 7.68. The fourth-order valence-electron chi connectivity index (χ4n) is 2.93. The van der Waals surface area contributed by atoms with Crippen LogP contribution in [-0.2, 0) is 4.79 Å². The Morgan fingerprint density at radius 2 is 1.71 bits per heavy atom. The highest BCUT2D eigenvalue weighted by Gasteiger charge is 2.31. The van der Waals surface area contributed by atoms with Gasteiger partial charge in [0.15, 0.2) is 0 Å². The fraction of sp³-hybridized carbons (Fsp3) is 0.857. The molecule has 21 heavy (non-hydrogen) atoms. The Morgan fingerprint density at radius 1 is 1.05 bits per heavy atom. The van der Waals surface area contributed by atoms with Gasteiger partial charge in [-0.1, -0.05) is 0 Å². The van der Waals surface area contributed by atoms with E-state index >= 15 is 0 Å². The standard InChI is InChI=1S/C14H26N4O2.ClH/c1-15-6-7-16-13(19)12-5-4-10-18(11-12)14(20)17-8-2-3-9-17;/h12,15H,2-11H2,1H3,(H,16,19);1H. The third-order valence-corrected chi connectivity index (χ3v) is 4.11. The lowest BCUT2D eigenvalue weighted by Crippen LogP contribution is -2.50. The molecule has 0 aromatic carbocycles. The van der Waals surface area contributed by atoms with Crippen molar-refractivity contribution in [1.29, 1.82) is 0 Å². The summed E-state index contributed by atoms with van der Waals surface area (Å²) in [5.74, 6) is 0.0336. The average Bonchev–Trinajstić information content (AvgIpc) is 3.01. The number of hydrogen-bond donors (Lipinski definition) is 2. The number of amides is 3. The van der Waals surface area contributed by atoms with Gasteiger partial charge in [0.05, 0.1) is 5.92 Å². The van der Waals surface area contributed by atoms with Crippen LogP contribution in [0, 0.1) is 5.92 Å². The first-order chi connectivity index (χ1) is 9.72. The topological polar surface area (TPSA) is 64.7 Å². The number of hydrogen-bond acceptors (Lipinski definition) is 3. The highest BCUT2D eigenvalue weighted by molar-refractivity contribution is 5.85. The second kappa shape index (κ2) is 9.10. The Morgan fingerprint density at radius 3 is 2.38 bits per heavy atom. The van der Waals surface area contributed by atoms with Crippen LogP contribution < -0.4 is 10.6 Å². The number of rotatable bonds is 4. The van der Waals surface area contributed by atoms with Crippen LogP contribution in [0.25, 0.3) is 0 Å². The lowest BCUT2D eigenvalue weighted by Gasteiger charge is -2.34. The van der Waals surface area contributed by atoms with Crippen molar-refractivity contribution in [1.82, 2.24) is 20.4 Å². The molecule has 2 N–H and O–H groups in total.